The van der Waals surface area contributed by atoms with Crippen LogP contribution in [0.5, 0.6) is 0 Å². The Hall–Kier alpha value is -1.01. The zero-order valence-electron chi connectivity index (χ0n) is 16.2. The van der Waals surface area contributed by atoms with Crippen molar-refractivity contribution in [1.82, 2.24) is 5.32 Å². The molecule has 0 fully saturated rings. The summed E-state index contributed by atoms with van der Waals surface area (Å²) in [6, 6.07) is -0.166. The predicted molar refractivity (Wildman–Crippen MR) is 95.7 cm³/mol. The third kappa shape index (κ3) is 7.89. The van der Waals surface area contributed by atoms with Gasteiger partial charge in [-0.15, -0.1) is 0 Å². The lowest BCUT2D eigenvalue weighted by Crippen LogP contribution is -2.54. The lowest BCUT2D eigenvalue weighted by Gasteiger charge is -2.44. The SMILES string of the molecule is CC(C)C(C)(OB/C=C/[C@@H](C)NC(=O)OC(C)(C)C)C(C)(C)O. The molecule has 0 aliphatic rings. The molecule has 0 aromatic carbocycles. The average Bonchev–Trinajstić information content (AvgIpc) is 2.29. The molecule has 0 bridgehead atoms. The molecule has 0 aliphatic carbocycles. The number of rotatable bonds is 7. The van der Waals surface area contributed by atoms with Crippen molar-refractivity contribution in [2.24, 2.45) is 5.92 Å². The van der Waals surface area contributed by atoms with Gasteiger partial charge in [0.15, 0.2) is 0 Å². The van der Waals surface area contributed by atoms with Gasteiger partial charge in [0.2, 0.25) is 0 Å². The van der Waals surface area contributed by atoms with E-state index in [9.17, 15) is 9.90 Å². The van der Waals surface area contributed by atoms with Crippen LogP contribution in [0.2, 0.25) is 0 Å². The molecule has 5 nitrogen and oxygen atoms in total. The van der Waals surface area contributed by atoms with Gasteiger partial charge in [-0.25, -0.2) is 4.79 Å². The fourth-order valence-corrected chi connectivity index (χ4v) is 2.07. The Kier molecular flexibility index (Phi) is 7.84. The quantitative estimate of drug-likeness (QED) is 0.706. The van der Waals surface area contributed by atoms with Crippen LogP contribution in [0.15, 0.2) is 12.1 Å². The molecule has 0 aromatic heterocycles. The lowest BCUT2D eigenvalue weighted by molar-refractivity contribution is -0.126. The lowest BCUT2D eigenvalue weighted by atomic mass is 9.77. The summed E-state index contributed by atoms with van der Waals surface area (Å²) in [4.78, 5) is 11.7. The van der Waals surface area contributed by atoms with Crippen molar-refractivity contribution >= 4 is 13.6 Å². The van der Waals surface area contributed by atoms with E-state index >= 15 is 0 Å². The second-order valence-corrected chi connectivity index (χ2v) is 7.99. The second-order valence-electron chi connectivity index (χ2n) is 7.99. The van der Waals surface area contributed by atoms with Gasteiger partial charge < -0.3 is 19.8 Å². The number of ether oxygens (including phenoxy) is 1. The van der Waals surface area contributed by atoms with Gasteiger partial charge >= 0.3 is 13.6 Å². The zero-order chi connectivity index (χ0) is 18.5. The highest BCUT2D eigenvalue weighted by Crippen LogP contribution is 2.32. The topological polar surface area (TPSA) is 67.8 Å². The van der Waals surface area contributed by atoms with Crippen molar-refractivity contribution in [3.63, 3.8) is 0 Å². The van der Waals surface area contributed by atoms with Crippen molar-refractivity contribution in [2.75, 3.05) is 0 Å². The maximum Gasteiger partial charge on any atom is 0.408 e. The number of hydrogen-bond acceptors (Lipinski definition) is 4. The Morgan fingerprint density at radius 3 is 2.04 bits per heavy atom. The van der Waals surface area contributed by atoms with Crippen LogP contribution in [0.1, 0.15) is 62.3 Å². The largest absolute Gasteiger partial charge is 0.444 e. The Bertz CT molecular complexity index is 410. The molecule has 0 heterocycles. The molecule has 6 heteroatoms. The van der Waals surface area contributed by atoms with E-state index in [4.69, 9.17) is 9.39 Å². The maximum atomic E-state index is 11.7. The number of amides is 1. The van der Waals surface area contributed by atoms with Gasteiger partial charge in [0.05, 0.1) is 11.2 Å². The number of hydrogen-bond donors (Lipinski definition) is 2. The molecule has 0 spiro atoms. The summed E-state index contributed by atoms with van der Waals surface area (Å²) in [5.41, 5.74) is -2.11. The van der Waals surface area contributed by atoms with E-state index in [1.165, 1.54) is 0 Å². The Balaban J connectivity index is 4.46. The van der Waals surface area contributed by atoms with Crippen LogP contribution in [-0.2, 0) is 9.39 Å². The van der Waals surface area contributed by atoms with Crippen LogP contribution in [0.3, 0.4) is 0 Å². The smallest absolute Gasteiger partial charge is 0.408 e. The third-order valence-electron chi connectivity index (χ3n) is 3.97. The van der Waals surface area contributed by atoms with E-state index in [0.717, 1.165) is 0 Å². The highest BCUT2D eigenvalue weighted by Gasteiger charge is 2.42. The van der Waals surface area contributed by atoms with Crippen LogP contribution in [0.25, 0.3) is 0 Å². The van der Waals surface area contributed by atoms with Crippen molar-refractivity contribution in [3.05, 3.63) is 12.1 Å². The van der Waals surface area contributed by atoms with E-state index in [1.807, 2.05) is 60.5 Å². The molecule has 23 heavy (non-hydrogen) atoms. The summed E-state index contributed by atoms with van der Waals surface area (Å²) in [5.74, 6) is 2.00. The first-order valence-electron chi connectivity index (χ1n) is 8.21. The molecule has 0 saturated carbocycles. The van der Waals surface area contributed by atoms with Crippen LogP contribution in [-0.4, -0.2) is 41.5 Å². The van der Waals surface area contributed by atoms with Crippen molar-refractivity contribution in [3.8, 4) is 0 Å². The monoisotopic (exact) mass is 327 g/mol. The highest BCUT2D eigenvalue weighted by molar-refractivity contribution is 6.34. The predicted octanol–water partition coefficient (Wildman–Crippen LogP) is 2.97. The van der Waals surface area contributed by atoms with Crippen LogP contribution >= 0.6 is 0 Å². The normalized spacial score (nSPS) is 17.0. The van der Waals surface area contributed by atoms with E-state index in [-0.39, 0.29) is 12.0 Å². The molecule has 0 aliphatic heterocycles. The highest BCUT2D eigenvalue weighted by atomic mass is 16.6. The molecular weight excluding hydrogens is 293 g/mol. The molecule has 0 saturated heterocycles. The summed E-state index contributed by atoms with van der Waals surface area (Å²) in [6.45, 7) is 16.8. The molecule has 0 aromatic rings. The summed E-state index contributed by atoms with van der Waals surface area (Å²) in [6.07, 6.45) is 1.40. The van der Waals surface area contributed by atoms with Gasteiger partial charge in [0.25, 0.3) is 0 Å². The molecule has 1 unspecified atom stereocenters. The number of carbonyl (C=O) groups excluding carboxylic acids is 1. The minimum Gasteiger partial charge on any atom is -0.444 e. The standard InChI is InChI=1S/C17H34BNO4/c1-12(2)17(9,16(7,8)21)23-18-11-10-13(3)19-14(20)22-15(4,5)6/h10-13,18,21H,1-9H3,(H,19,20)/b11-10+/t13-,17?/m1/s1. The van der Waals surface area contributed by atoms with Crippen molar-refractivity contribution in [1.29, 1.82) is 0 Å². The van der Waals surface area contributed by atoms with Gasteiger partial charge in [0, 0.05) is 6.04 Å². The van der Waals surface area contributed by atoms with E-state index in [0.29, 0.717) is 7.48 Å². The number of nitrogens with one attached hydrogen (secondary N) is 1. The first-order chi connectivity index (χ1) is 10.2. The first-order valence-corrected chi connectivity index (χ1v) is 8.21. The van der Waals surface area contributed by atoms with E-state index in [1.54, 1.807) is 13.8 Å². The number of aliphatic hydroxyl groups is 1. The number of alkyl carbamates (subject to hydrolysis) is 1. The summed E-state index contributed by atoms with van der Waals surface area (Å²) in [7, 11) is 0.360. The summed E-state index contributed by atoms with van der Waals surface area (Å²) in [5, 5.41) is 13.1. The summed E-state index contributed by atoms with van der Waals surface area (Å²) < 4.78 is 11.1. The fourth-order valence-electron chi connectivity index (χ4n) is 2.07. The molecule has 0 radical (unpaired) electrons. The van der Waals surface area contributed by atoms with Gasteiger partial charge in [-0.2, -0.15) is 0 Å². The maximum absolute atomic E-state index is 11.7. The molecule has 2 N–H and O–H groups in total. The van der Waals surface area contributed by atoms with E-state index in [2.05, 4.69) is 5.32 Å². The van der Waals surface area contributed by atoms with Gasteiger partial charge in [0.1, 0.15) is 5.60 Å². The third-order valence-corrected chi connectivity index (χ3v) is 3.97. The Morgan fingerprint density at radius 1 is 1.13 bits per heavy atom. The van der Waals surface area contributed by atoms with Crippen LogP contribution in [0.4, 0.5) is 4.79 Å². The van der Waals surface area contributed by atoms with E-state index < -0.39 is 22.9 Å². The van der Waals surface area contributed by atoms with Gasteiger partial charge in [-0.05, 0) is 54.4 Å². The molecule has 2 atom stereocenters. The molecular formula is C17H34BNO4. The molecule has 0 rings (SSSR count). The molecule has 1 amide bonds. The number of carbonyl (C=O) groups is 1. The average molecular weight is 327 g/mol. The van der Waals surface area contributed by atoms with Crippen molar-refractivity contribution < 1.29 is 19.3 Å². The first kappa shape index (κ1) is 22.0. The Labute approximate surface area is 142 Å². The summed E-state index contributed by atoms with van der Waals surface area (Å²) >= 11 is 0. The van der Waals surface area contributed by atoms with Gasteiger partial charge in [-0.3, -0.25) is 0 Å². The Morgan fingerprint density at radius 2 is 1.65 bits per heavy atom. The zero-order valence-corrected chi connectivity index (χ0v) is 16.2. The van der Waals surface area contributed by atoms with Crippen LogP contribution < -0.4 is 5.32 Å². The van der Waals surface area contributed by atoms with Gasteiger partial charge in [-0.1, -0.05) is 25.9 Å². The minimum absolute atomic E-state index is 0.160. The molecule has 134 valence electrons. The minimum atomic E-state index is -0.949. The van der Waals surface area contributed by atoms with Crippen molar-refractivity contribution in [2.45, 2.75) is 85.2 Å². The second kappa shape index (κ2) is 8.20. The van der Waals surface area contributed by atoms with Crippen LogP contribution in [0, 0.1) is 5.92 Å². The fraction of sp³-hybridized carbons (Fsp3) is 0.824.